The van der Waals surface area contributed by atoms with Gasteiger partial charge in [0.2, 0.25) is 5.91 Å². The van der Waals surface area contributed by atoms with Crippen molar-refractivity contribution < 1.29 is 17.9 Å². The van der Waals surface area contributed by atoms with E-state index in [0.717, 1.165) is 27.6 Å². The number of rotatable bonds is 7. The van der Waals surface area contributed by atoms with Crippen LogP contribution in [-0.2, 0) is 21.2 Å². The zero-order chi connectivity index (χ0) is 24.3. The van der Waals surface area contributed by atoms with Crippen LogP contribution in [0.2, 0.25) is 0 Å². The molecular formula is C26H25N3O4S. The average molecular weight is 476 g/mol. The molecule has 0 spiro atoms. The third-order valence-electron chi connectivity index (χ3n) is 5.47. The fourth-order valence-corrected chi connectivity index (χ4v) is 5.13. The molecule has 0 atom stereocenters. The molecule has 0 radical (unpaired) electrons. The van der Waals surface area contributed by atoms with Crippen LogP contribution in [0.4, 0.5) is 11.4 Å². The van der Waals surface area contributed by atoms with Crippen molar-refractivity contribution in [1.29, 1.82) is 0 Å². The summed E-state index contributed by atoms with van der Waals surface area (Å²) < 4.78 is 34.4. The highest BCUT2D eigenvalue weighted by Crippen LogP contribution is 2.30. The maximum atomic E-state index is 13.2. The number of pyridine rings is 1. The number of methoxy groups -OCH3 is 1. The number of carbonyl (C=O) groups is 1. The number of nitrogens with one attached hydrogen (secondary N) is 2. The van der Waals surface area contributed by atoms with E-state index in [1.54, 1.807) is 12.3 Å². The van der Waals surface area contributed by atoms with Crippen LogP contribution in [0.15, 0.2) is 77.8 Å². The molecule has 0 saturated carbocycles. The van der Waals surface area contributed by atoms with Gasteiger partial charge in [-0.1, -0.05) is 36.4 Å². The molecule has 0 bridgehead atoms. The molecule has 4 aromatic rings. The monoisotopic (exact) mass is 475 g/mol. The molecule has 0 aliphatic carbocycles. The normalized spacial score (nSPS) is 11.3. The van der Waals surface area contributed by atoms with Gasteiger partial charge in [-0.05, 0) is 60.9 Å². The first-order chi connectivity index (χ1) is 16.3. The molecule has 1 amide bonds. The number of fused-ring (bicyclic) bond motifs is 1. The summed E-state index contributed by atoms with van der Waals surface area (Å²) >= 11 is 0. The number of anilines is 2. The van der Waals surface area contributed by atoms with Crippen molar-refractivity contribution in [2.24, 2.45) is 0 Å². The smallest absolute Gasteiger partial charge is 0.265 e. The molecule has 0 aliphatic heterocycles. The molecule has 0 aliphatic rings. The summed E-state index contributed by atoms with van der Waals surface area (Å²) in [5, 5.41) is 3.72. The Morgan fingerprint density at radius 3 is 2.44 bits per heavy atom. The van der Waals surface area contributed by atoms with E-state index in [1.807, 2.05) is 62.4 Å². The summed E-state index contributed by atoms with van der Waals surface area (Å²) in [6.45, 7) is 3.67. The Morgan fingerprint density at radius 2 is 1.71 bits per heavy atom. The van der Waals surface area contributed by atoms with Gasteiger partial charge in [0.1, 0.15) is 10.6 Å². The molecule has 0 saturated heterocycles. The molecule has 8 heteroatoms. The molecule has 0 fully saturated rings. The Bertz CT molecular complexity index is 1460. The van der Waals surface area contributed by atoms with Gasteiger partial charge in [0.25, 0.3) is 10.0 Å². The number of sulfonamides is 1. The van der Waals surface area contributed by atoms with Gasteiger partial charge in [-0.2, -0.15) is 0 Å². The summed E-state index contributed by atoms with van der Waals surface area (Å²) in [5.41, 5.74) is 4.08. The minimum Gasteiger partial charge on any atom is -0.495 e. The van der Waals surface area contributed by atoms with Gasteiger partial charge in [0.05, 0.1) is 24.7 Å². The van der Waals surface area contributed by atoms with Crippen LogP contribution < -0.4 is 14.8 Å². The lowest BCUT2D eigenvalue weighted by atomic mass is 10.1. The highest BCUT2D eigenvalue weighted by atomic mass is 32.2. The van der Waals surface area contributed by atoms with E-state index in [0.29, 0.717) is 11.4 Å². The molecule has 1 aromatic heterocycles. The Kier molecular flexibility index (Phi) is 6.51. The zero-order valence-electron chi connectivity index (χ0n) is 19.1. The first-order valence-corrected chi connectivity index (χ1v) is 12.2. The van der Waals surface area contributed by atoms with Crippen molar-refractivity contribution in [1.82, 2.24) is 4.98 Å². The molecule has 4 rings (SSSR count). The van der Waals surface area contributed by atoms with E-state index in [1.165, 1.54) is 19.2 Å². The number of ether oxygens (including phenoxy) is 1. The molecule has 2 N–H and O–H groups in total. The Hall–Kier alpha value is -3.91. The average Bonchev–Trinajstić information content (AvgIpc) is 2.81. The number of carbonyl (C=O) groups excluding carboxylic acids is 1. The van der Waals surface area contributed by atoms with Crippen LogP contribution in [0.1, 0.15) is 16.7 Å². The van der Waals surface area contributed by atoms with Crippen LogP contribution in [-0.4, -0.2) is 26.4 Å². The van der Waals surface area contributed by atoms with Crippen molar-refractivity contribution >= 4 is 38.2 Å². The highest BCUT2D eigenvalue weighted by Gasteiger charge is 2.22. The molecule has 34 heavy (non-hydrogen) atoms. The fourth-order valence-electron chi connectivity index (χ4n) is 3.73. The van der Waals surface area contributed by atoms with Crippen molar-refractivity contribution in [3.8, 4) is 5.75 Å². The maximum Gasteiger partial charge on any atom is 0.265 e. The third-order valence-corrected chi connectivity index (χ3v) is 6.84. The number of benzene rings is 3. The number of hydrogen-bond acceptors (Lipinski definition) is 5. The lowest BCUT2D eigenvalue weighted by molar-refractivity contribution is -0.115. The largest absolute Gasteiger partial charge is 0.495 e. The van der Waals surface area contributed by atoms with Crippen molar-refractivity contribution in [3.63, 3.8) is 0 Å². The molecular weight excluding hydrogens is 450 g/mol. The van der Waals surface area contributed by atoms with Crippen LogP contribution in [0, 0.1) is 13.8 Å². The van der Waals surface area contributed by atoms with Crippen LogP contribution in [0.25, 0.3) is 10.9 Å². The Labute approximate surface area is 198 Å². The number of nitrogens with zero attached hydrogens (tertiary/aromatic N) is 1. The molecule has 7 nitrogen and oxygen atoms in total. The van der Waals surface area contributed by atoms with E-state index in [2.05, 4.69) is 15.0 Å². The van der Waals surface area contributed by atoms with E-state index in [9.17, 15) is 13.2 Å². The number of aromatic nitrogens is 1. The first-order valence-electron chi connectivity index (χ1n) is 10.7. The van der Waals surface area contributed by atoms with Crippen molar-refractivity contribution in [3.05, 3.63) is 89.6 Å². The van der Waals surface area contributed by atoms with E-state index in [-0.39, 0.29) is 23.0 Å². The van der Waals surface area contributed by atoms with E-state index < -0.39 is 10.0 Å². The zero-order valence-corrected chi connectivity index (χ0v) is 19.9. The van der Waals surface area contributed by atoms with Gasteiger partial charge in [0, 0.05) is 17.3 Å². The second-order valence-corrected chi connectivity index (χ2v) is 9.65. The van der Waals surface area contributed by atoms with Gasteiger partial charge in [-0.25, -0.2) is 8.42 Å². The van der Waals surface area contributed by atoms with Crippen molar-refractivity contribution in [2.75, 3.05) is 17.1 Å². The summed E-state index contributed by atoms with van der Waals surface area (Å²) in [6, 6.07) is 19.6. The number of hydrogen-bond donors (Lipinski definition) is 2. The summed E-state index contributed by atoms with van der Waals surface area (Å²) in [5.74, 6) is -0.108. The summed E-state index contributed by atoms with van der Waals surface area (Å²) in [4.78, 5) is 17.0. The van der Waals surface area contributed by atoms with Gasteiger partial charge in [-0.15, -0.1) is 0 Å². The van der Waals surface area contributed by atoms with Crippen molar-refractivity contribution in [2.45, 2.75) is 25.2 Å². The topological polar surface area (TPSA) is 97.4 Å². The van der Waals surface area contributed by atoms with Gasteiger partial charge < -0.3 is 10.1 Å². The maximum absolute atomic E-state index is 13.2. The second kappa shape index (κ2) is 9.52. The highest BCUT2D eigenvalue weighted by molar-refractivity contribution is 7.92. The molecule has 0 unspecified atom stereocenters. The predicted molar refractivity (Wildman–Crippen MR) is 134 cm³/mol. The second-order valence-electron chi connectivity index (χ2n) is 8.00. The number of amides is 1. The Morgan fingerprint density at radius 1 is 0.971 bits per heavy atom. The minimum atomic E-state index is -3.98. The minimum absolute atomic E-state index is 0.0668. The molecule has 174 valence electrons. The summed E-state index contributed by atoms with van der Waals surface area (Å²) in [6.07, 6.45) is 1.77. The Balaban J connectivity index is 1.57. The number of aryl methyl sites for hydroxylation is 2. The van der Waals surface area contributed by atoms with Crippen LogP contribution >= 0.6 is 0 Å². The lowest BCUT2D eigenvalue weighted by Gasteiger charge is -2.16. The van der Waals surface area contributed by atoms with Gasteiger partial charge >= 0.3 is 0 Å². The SMILES string of the molecule is COc1ccc(NC(=O)Cc2cnc3ccccc3c2)cc1S(=O)(=O)Nc1c(C)cccc1C. The predicted octanol–water partition coefficient (Wildman–Crippen LogP) is 4.84. The van der Waals surface area contributed by atoms with Gasteiger partial charge in [0.15, 0.2) is 0 Å². The van der Waals surface area contributed by atoms with E-state index >= 15 is 0 Å². The molecule has 3 aromatic carbocycles. The van der Waals surface area contributed by atoms with Gasteiger partial charge in [-0.3, -0.25) is 14.5 Å². The van der Waals surface area contributed by atoms with E-state index in [4.69, 9.17) is 4.74 Å². The van der Waals surface area contributed by atoms with Crippen LogP contribution in [0.5, 0.6) is 5.75 Å². The molecule has 1 heterocycles. The summed E-state index contributed by atoms with van der Waals surface area (Å²) in [7, 11) is -2.58. The van der Waals surface area contributed by atoms with Crippen LogP contribution in [0.3, 0.4) is 0 Å². The number of para-hydroxylation sites is 2. The lowest BCUT2D eigenvalue weighted by Crippen LogP contribution is -2.18. The fraction of sp³-hybridized carbons (Fsp3) is 0.154. The standard InChI is InChI=1S/C26H25N3O4S/c1-17-7-6-8-18(2)26(17)29-34(31,32)24-15-21(11-12-23(24)33-3)28-25(30)14-19-13-20-9-4-5-10-22(20)27-16-19/h4-13,15-16,29H,14H2,1-3H3,(H,28,30). The first kappa shape index (κ1) is 23.3. The third kappa shape index (κ3) is 5.02. The quantitative estimate of drug-likeness (QED) is 0.399.